The van der Waals surface area contributed by atoms with Crippen molar-refractivity contribution in [3.63, 3.8) is 0 Å². The summed E-state index contributed by atoms with van der Waals surface area (Å²) in [7, 11) is 0. The van der Waals surface area contributed by atoms with E-state index in [1.807, 2.05) is 6.92 Å². The number of hydrogen-bond donors (Lipinski definition) is 2. The predicted octanol–water partition coefficient (Wildman–Crippen LogP) is 2.10. The van der Waals surface area contributed by atoms with Crippen molar-refractivity contribution in [1.29, 1.82) is 0 Å². The van der Waals surface area contributed by atoms with Crippen LogP contribution in [0.3, 0.4) is 0 Å². The van der Waals surface area contributed by atoms with Crippen molar-refractivity contribution in [2.75, 3.05) is 32.7 Å². The van der Waals surface area contributed by atoms with Gasteiger partial charge in [-0.05, 0) is 19.9 Å². The maximum Gasteiger partial charge on any atom is 0.156 e. The number of nitrogens with two attached hydrogens (primary N) is 1. The molecular weight excluding hydrogens is 252 g/mol. The topological polar surface area (TPSA) is 65.1 Å². The fourth-order valence-electron chi connectivity index (χ4n) is 2.76. The Labute approximate surface area is 123 Å². The summed E-state index contributed by atoms with van der Waals surface area (Å²) in [6.45, 7) is 9.68. The average molecular weight is 284 g/mol. The maximum absolute atomic E-state index is 8.72. The summed E-state index contributed by atoms with van der Waals surface area (Å²) >= 11 is 0. The van der Waals surface area contributed by atoms with Crippen LogP contribution in [0.4, 0.5) is 0 Å². The molecule has 1 fully saturated rings. The molecule has 5 heteroatoms. The first-order chi connectivity index (χ1) is 9.69. The van der Waals surface area contributed by atoms with Crippen molar-refractivity contribution in [2.24, 2.45) is 10.9 Å². The first kappa shape index (κ1) is 17.2. The van der Waals surface area contributed by atoms with Crippen molar-refractivity contribution in [3.05, 3.63) is 0 Å². The third-order valence-electron chi connectivity index (χ3n) is 4.33. The van der Waals surface area contributed by atoms with Crippen LogP contribution in [-0.2, 0) is 0 Å². The number of rotatable bonds is 9. The van der Waals surface area contributed by atoms with Gasteiger partial charge in [0.2, 0.25) is 0 Å². The largest absolute Gasteiger partial charge is 0.409 e. The zero-order valence-electron chi connectivity index (χ0n) is 13.2. The number of oxime groups is 1. The molecule has 1 saturated heterocycles. The summed E-state index contributed by atoms with van der Waals surface area (Å²) in [6.07, 6.45) is 8.15. The van der Waals surface area contributed by atoms with Crippen LogP contribution in [0.5, 0.6) is 0 Å². The summed E-state index contributed by atoms with van der Waals surface area (Å²) in [4.78, 5) is 4.82. The molecule has 0 spiro atoms. The summed E-state index contributed by atoms with van der Waals surface area (Å²) in [5, 5.41) is 11.8. The number of unbranched alkanes of at least 4 members (excludes halogenated alkanes) is 5. The van der Waals surface area contributed by atoms with E-state index in [4.69, 9.17) is 10.9 Å². The Kier molecular flexibility index (Phi) is 8.62. The minimum absolute atomic E-state index is 0.0381. The van der Waals surface area contributed by atoms with Gasteiger partial charge in [0, 0.05) is 26.2 Å². The highest BCUT2D eigenvalue weighted by Gasteiger charge is 2.22. The van der Waals surface area contributed by atoms with Crippen LogP contribution < -0.4 is 5.73 Å². The fourth-order valence-corrected chi connectivity index (χ4v) is 2.76. The monoisotopic (exact) mass is 284 g/mol. The lowest BCUT2D eigenvalue weighted by Gasteiger charge is -2.37. The van der Waals surface area contributed by atoms with Gasteiger partial charge < -0.3 is 15.8 Å². The van der Waals surface area contributed by atoms with Gasteiger partial charge in [-0.1, -0.05) is 44.2 Å². The van der Waals surface area contributed by atoms with Crippen LogP contribution in [0.1, 0.15) is 52.4 Å². The third-order valence-corrected chi connectivity index (χ3v) is 4.33. The van der Waals surface area contributed by atoms with Gasteiger partial charge in [0.25, 0.3) is 0 Å². The van der Waals surface area contributed by atoms with Crippen molar-refractivity contribution in [1.82, 2.24) is 9.80 Å². The van der Waals surface area contributed by atoms with Gasteiger partial charge >= 0.3 is 0 Å². The maximum atomic E-state index is 8.72. The lowest BCUT2D eigenvalue weighted by molar-refractivity contribution is 0.119. The molecule has 1 aliphatic heterocycles. The van der Waals surface area contributed by atoms with Crippen LogP contribution in [0.2, 0.25) is 0 Å². The molecule has 20 heavy (non-hydrogen) atoms. The molecule has 1 atom stereocenters. The van der Waals surface area contributed by atoms with E-state index in [9.17, 15) is 0 Å². The summed E-state index contributed by atoms with van der Waals surface area (Å²) in [5.41, 5.74) is 5.66. The molecule has 0 aromatic heterocycles. The molecular formula is C15H32N4O. The minimum atomic E-state index is 0.0381. The second-order valence-corrected chi connectivity index (χ2v) is 5.85. The molecule has 0 aromatic rings. The zero-order chi connectivity index (χ0) is 14.8. The summed E-state index contributed by atoms with van der Waals surface area (Å²) < 4.78 is 0. The fraction of sp³-hybridized carbons (Fsp3) is 0.933. The van der Waals surface area contributed by atoms with Crippen molar-refractivity contribution in [2.45, 2.75) is 58.4 Å². The van der Waals surface area contributed by atoms with Gasteiger partial charge in [0.05, 0.1) is 6.04 Å². The van der Waals surface area contributed by atoms with E-state index in [-0.39, 0.29) is 6.04 Å². The van der Waals surface area contributed by atoms with Crippen LogP contribution >= 0.6 is 0 Å². The summed E-state index contributed by atoms with van der Waals surface area (Å²) in [5.74, 6) is 0.314. The number of hydrogen-bond acceptors (Lipinski definition) is 4. The second-order valence-electron chi connectivity index (χ2n) is 5.85. The Bertz CT molecular complexity index is 275. The van der Waals surface area contributed by atoms with Crippen LogP contribution in [0, 0.1) is 0 Å². The molecule has 0 saturated carbocycles. The van der Waals surface area contributed by atoms with Crippen molar-refractivity contribution >= 4 is 5.84 Å². The number of nitrogens with zero attached hydrogens (tertiary/aromatic N) is 3. The summed E-state index contributed by atoms with van der Waals surface area (Å²) in [6, 6.07) is 0.0381. The van der Waals surface area contributed by atoms with Gasteiger partial charge in [-0.2, -0.15) is 0 Å². The highest BCUT2D eigenvalue weighted by Crippen LogP contribution is 2.09. The minimum Gasteiger partial charge on any atom is -0.409 e. The quantitative estimate of drug-likeness (QED) is 0.224. The Balaban J connectivity index is 2.10. The average Bonchev–Trinajstić information content (AvgIpc) is 2.50. The van der Waals surface area contributed by atoms with Gasteiger partial charge in [-0.15, -0.1) is 0 Å². The van der Waals surface area contributed by atoms with E-state index in [2.05, 4.69) is 21.9 Å². The Hall–Kier alpha value is -0.810. The molecule has 0 bridgehead atoms. The van der Waals surface area contributed by atoms with Gasteiger partial charge in [0.1, 0.15) is 0 Å². The first-order valence-electron chi connectivity index (χ1n) is 8.12. The highest BCUT2D eigenvalue weighted by molar-refractivity contribution is 5.84. The standard InChI is InChI=1S/C15H32N4O/c1-3-4-5-6-7-8-9-18-10-12-19(13-11-18)14(2)15(16)17-20/h14,20H,3-13H2,1-2H3,(H2,16,17). The molecule has 118 valence electrons. The zero-order valence-corrected chi connectivity index (χ0v) is 13.2. The Morgan fingerprint density at radius 1 is 1.10 bits per heavy atom. The third kappa shape index (κ3) is 6.09. The molecule has 0 amide bonds. The number of amidine groups is 1. The molecule has 3 N–H and O–H groups in total. The van der Waals surface area contributed by atoms with Gasteiger partial charge in [0.15, 0.2) is 5.84 Å². The van der Waals surface area contributed by atoms with E-state index in [1.165, 1.54) is 45.1 Å². The molecule has 0 radical (unpaired) electrons. The lowest BCUT2D eigenvalue weighted by atomic mass is 10.1. The van der Waals surface area contributed by atoms with E-state index in [0.717, 1.165) is 26.2 Å². The van der Waals surface area contributed by atoms with E-state index in [0.29, 0.717) is 5.84 Å². The molecule has 1 heterocycles. The second kappa shape index (κ2) is 10.00. The molecule has 0 aliphatic carbocycles. The lowest BCUT2D eigenvalue weighted by Crippen LogP contribution is -2.53. The predicted molar refractivity (Wildman–Crippen MR) is 84.3 cm³/mol. The van der Waals surface area contributed by atoms with Gasteiger partial charge in [-0.3, -0.25) is 4.90 Å². The van der Waals surface area contributed by atoms with Crippen LogP contribution in [0.25, 0.3) is 0 Å². The Morgan fingerprint density at radius 2 is 1.70 bits per heavy atom. The molecule has 1 aliphatic rings. The molecule has 0 aromatic carbocycles. The van der Waals surface area contributed by atoms with Crippen LogP contribution in [0.15, 0.2) is 5.16 Å². The molecule has 1 unspecified atom stereocenters. The molecule has 5 nitrogen and oxygen atoms in total. The van der Waals surface area contributed by atoms with Crippen molar-refractivity contribution in [3.8, 4) is 0 Å². The highest BCUT2D eigenvalue weighted by atomic mass is 16.4. The molecule has 1 rings (SSSR count). The normalized spacial score (nSPS) is 20.2. The smallest absolute Gasteiger partial charge is 0.156 e. The van der Waals surface area contributed by atoms with E-state index >= 15 is 0 Å². The van der Waals surface area contributed by atoms with E-state index in [1.54, 1.807) is 0 Å². The first-order valence-corrected chi connectivity index (χ1v) is 8.12. The SMILES string of the molecule is CCCCCCCCN1CCN(C(C)C(N)=NO)CC1. The van der Waals surface area contributed by atoms with Crippen LogP contribution in [-0.4, -0.2) is 59.6 Å². The van der Waals surface area contributed by atoms with Gasteiger partial charge in [-0.25, -0.2) is 0 Å². The van der Waals surface area contributed by atoms with E-state index < -0.39 is 0 Å². The van der Waals surface area contributed by atoms with Crippen molar-refractivity contribution < 1.29 is 5.21 Å². The number of piperazine rings is 1. The Morgan fingerprint density at radius 3 is 2.30 bits per heavy atom.